The van der Waals surface area contributed by atoms with Crippen LogP contribution < -0.4 is 4.90 Å². The molecular weight excluding hydrogens is 266 g/mol. The first-order chi connectivity index (χ1) is 8.53. The lowest BCUT2D eigenvalue weighted by Crippen LogP contribution is -2.27. The van der Waals surface area contributed by atoms with E-state index in [2.05, 4.69) is 18.7 Å². The van der Waals surface area contributed by atoms with E-state index in [9.17, 15) is 4.79 Å². The highest BCUT2D eigenvalue weighted by Crippen LogP contribution is 2.34. The zero-order valence-corrected chi connectivity index (χ0v) is 12.4. The van der Waals surface area contributed by atoms with Crippen LogP contribution in [0.3, 0.4) is 0 Å². The summed E-state index contributed by atoms with van der Waals surface area (Å²) < 4.78 is 0.314. The van der Waals surface area contributed by atoms with Crippen molar-refractivity contribution >= 4 is 35.3 Å². The smallest absolute Gasteiger partial charge is 0.153 e. The number of benzene rings is 1. The molecule has 1 heterocycles. The van der Waals surface area contributed by atoms with Crippen molar-refractivity contribution in [3.8, 4) is 0 Å². The lowest BCUT2D eigenvalue weighted by atomic mass is 10.1. The average molecular weight is 284 g/mol. The Kier molecular flexibility index (Phi) is 4.23. The fourth-order valence-electron chi connectivity index (χ4n) is 2.18. The fourth-order valence-corrected chi connectivity index (χ4v) is 3.49. The van der Waals surface area contributed by atoms with Crippen molar-refractivity contribution in [2.45, 2.75) is 25.0 Å². The number of thioether (sulfide) groups is 1. The number of aldehydes is 1. The number of nitrogens with zero attached hydrogens (tertiary/aromatic N) is 1. The van der Waals surface area contributed by atoms with Gasteiger partial charge in [0.2, 0.25) is 0 Å². The van der Waals surface area contributed by atoms with Crippen LogP contribution in [-0.4, -0.2) is 29.9 Å². The summed E-state index contributed by atoms with van der Waals surface area (Å²) in [6, 6.07) is 5.66. The summed E-state index contributed by atoms with van der Waals surface area (Å²) in [6.07, 6.45) is 1.98. The highest BCUT2D eigenvalue weighted by Gasteiger charge is 2.24. The number of carbonyl (C=O) groups is 1. The van der Waals surface area contributed by atoms with Gasteiger partial charge in [0.1, 0.15) is 0 Å². The van der Waals surface area contributed by atoms with Gasteiger partial charge in [-0.15, -0.1) is 0 Å². The minimum absolute atomic E-state index is 0.314. The van der Waals surface area contributed by atoms with Crippen molar-refractivity contribution in [2.24, 2.45) is 0 Å². The van der Waals surface area contributed by atoms with Crippen molar-refractivity contribution in [3.05, 3.63) is 28.8 Å². The maximum atomic E-state index is 11.2. The van der Waals surface area contributed by atoms with E-state index in [1.54, 1.807) is 6.07 Å². The van der Waals surface area contributed by atoms with E-state index in [1.165, 1.54) is 0 Å². The highest BCUT2D eigenvalue weighted by atomic mass is 35.5. The van der Waals surface area contributed by atoms with Gasteiger partial charge in [-0.05, 0) is 18.6 Å². The van der Waals surface area contributed by atoms with Gasteiger partial charge in [-0.1, -0.05) is 31.5 Å². The largest absolute Gasteiger partial charge is 0.370 e. The second-order valence-electron chi connectivity index (χ2n) is 5.14. The number of carbonyl (C=O) groups excluding carboxylic acids is 1. The summed E-state index contributed by atoms with van der Waals surface area (Å²) in [5, 5.41) is 0.540. The number of rotatable bonds is 2. The molecule has 0 atom stereocenters. The van der Waals surface area contributed by atoms with Crippen LogP contribution >= 0.6 is 23.4 Å². The van der Waals surface area contributed by atoms with Gasteiger partial charge in [0.15, 0.2) is 6.29 Å². The molecule has 1 aromatic carbocycles. The van der Waals surface area contributed by atoms with Gasteiger partial charge in [-0.2, -0.15) is 11.8 Å². The molecule has 1 fully saturated rings. The SMILES string of the molecule is CC1(C)CCN(c2cccc(Cl)c2C=O)CCS1. The molecule has 0 spiro atoms. The molecule has 18 heavy (non-hydrogen) atoms. The Labute approximate surface area is 118 Å². The summed E-state index contributed by atoms with van der Waals surface area (Å²) in [7, 11) is 0. The monoisotopic (exact) mass is 283 g/mol. The molecule has 0 aliphatic carbocycles. The van der Waals surface area contributed by atoms with Crippen LogP contribution in [0.15, 0.2) is 18.2 Å². The Morgan fingerprint density at radius 2 is 2.17 bits per heavy atom. The number of halogens is 1. The Hall–Kier alpha value is -0.670. The number of hydrogen-bond acceptors (Lipinski definition) is 3. The van der Waals surface area contributed by atoms with Crippen LogP contribution in [0.25, 0.3) is 0 Å². The maximum Gasteiger partial charge on any atom is 0.153 e. The van der Waals surface area contributed by atoms with E-state index in [1.807, 2.05) is 23.9 Å². The van der Waals surface area contributed by atoms with Crippen LogP contribution in [-0.2, 0) is 0 Å². The van der Waals surface area contributed by atoms with E-state index in [0.717, 1.165) is 37.2 Å². The standard InChI is InChI=1S/C14H18ClNOS/c1-14(2)6-7-16(8-9-18-14)13-5-3-4-12(15)11(13)10-17/h3-5,10H,6-9H2,1-2H3. The highest BCUT2D eigenvalue weighted by molar-refractivity contribution is 8.00. The molecule has 0 bridgehead atoms. The molecule has 0 amide bonds. The predicted molar refractivity (Wildman–Crippen MR) is 80.2 cm³/mol. The first-order valence-electron chi connectivity index (χ1n) is 6.16. The van der Waals surface area contributed by atoms with Crippen LogP contribution in [0, 0.1) is 0 Å². The third-order valence-electron chi connectivity index (χ3n) is 3.33. The van der Waals surface area contributed by atoms with E-state index in [-0.39, 0.29) is 0 Å². The first kappa shape index (κ1) is 13.8. The van der Waals surface area contributed by atoms with Crippen LogP contribution in [0.5, 0.6) is 0 Å². The van der Waals surface area contributed by atoms with Crippen LogP contribution in [0.1, 0.15) is 30.6 Å². The van der Waals surface area contributed by atoms with Crippen LogP contribution in [0.2, 0.25) is 5.02 Å². The van der Waals surface area contributed by atoms with Gasteiger partial charge in [0.25, 0.3) is 0 Å². The molecule has 4 heteroatoms. The topological polar surface area (TPSA) is 20.3 Å². The van der Waals surface area contributed by atoms with Crippen molar-refractivity contribution in [1.29, 1.82) is 0 Å². The lowest BCUT2D eigenvalue weighted by molar-refractivity contribution is 0.112. The summed E-state index contributed by atoms with van der Waals surface area (Å²) in [4.78, 5) is 13.5. The molecule has 0 saturated carbocycles. The fraction of sp³-hybridized carbons (Fsp3) is 0.500. The van der Waals surface area contributed by atoms with Gasteiger partial charge in [-0.3, -0.25) is 4.79 Å². The molecule has 1 saturated heterocycles. The van der Waals surface area contributed by atoms with Gasteiger partial charge in [0, 0.05) is 29.3 Å². The van der Waals surface area contributed by atoms with Crippen molar-refractivity contribution < 1.29 is 4.79 Å². The summed E-state index contributed by atoms with van der Waals surface area (Å²) in [5.74, 6) is 1.08. The lowest BCUT2D eigenvalue weighted by Gasteiger charge is -2.25. The van der Waals surface area contributed by atoms with Crippen LogP contribution in [0.4, 0.5) is 5.69 Å². The molecule has 0 radical (unpaired) electrons. The van der Waals surface area contributed by atoms with Gasteiger partial charge in [-0.25, -0.2) is 0 Å². The maximum absolute atomic E-state index is 11.2. The summed E-state index contributed by atoms with van der Waals surface area (Å²) in [5.41, 5.74) is 1.58. The summed E-state index contributed by atoms with van der Waals surface area (Å²) in [6.45, 7) is 6.50. The van der Waals surface area contributed by atoms with E-state index >= 15 is 0 Å². The normalized spacial score (nSPS) is 19.4. The van der Waals surface area contributed by atoms with Crippen molar-refractivity contribution in [2.75, 3.05) is 23.7 Å². The molecule has 98 valence electrons. The second-order valence-corrected chi connectivity index (χ2v) is 7.34. The molecule has 2 rings (SSSR count). The molecule has 0 unspecified atom stereocenters. The van der Waals surface area contributed by atoms with E-state index in [4.69, 9.17) is 11.6 Å². The molecule has 1 aliphatic rings. The van der Waals surface area contributed by atoms with Gasteiger partial charge in [0.05, 0.1) is 10.6 Å². The zero-order valence-electron chi connectivity index (χ0n) is 10.8. The Morgan fingerprint density at radius 1 is 1.39 bits per heavy atom. The molecule has 1 aromatic rings. The number of hydrogen-bond donors (Lipinski definition) is 0. The molecule has 0 N–H and O–H groups in total. The van der Waals surface area contributed by atoms with Gasteiger partial charge < -0.3 is 4.90 Å². The molecule has 1 aliphatic heterocycles. The quantitative estimate of drug-likeness (QED) is 0.769. The third-order valence-corrected chi connectivity index (χ3v) is 5.03. The third kappa shape index (κ3) is 3.01. The second kappa shape index (κ2) is 5.54. The average Bonchev–Trinajstić information content (AvgIpc) is 2.50. The minimum atomic E-state index is 0.314. The first-order valence-corrected chi connectivity index (χ1v) is 7.52. The van der Waals surface area contributed by atoms with E-state index < -0.39 is 0 Å². The predicted octanol–water partition coefficient (Wildman–Crippen LogP) is 3.87. The molecular formula is C14H18ClNOS. The molecule has 0 aromatic heterocycles. The van der Waals surface area contributed by atoms with Gasteiger partial charge >= 0.3 is 0 Å². The zero-order chi connectivity index (χ0) is 13.2. The van der Waals surface area contributed by atoms with E-state index in [0.29, 0.717) is 15.3 Å². The number of anilines is 1. The Morgan fingerprint density at radius 3 is 2.89 bits per heavy atom. The Balaban J connectivity index is 2.26. The Bertz CT molecular complexity index is 447. The van der Waals surface area contributed by atoms with Crippen molar-refractivity contribution in [1.82, 2.24) is 0 Å². The molecule has 2 nitrogen and oxygen atoms in total. The minimum Gasteiger partial charge on any atom is -0.370 e. The van der Waals surface area contributed by atoms with Crippen molar-refractivity contribution in [3.63, 3.8) is 0 Å². The summed E-state index contributed by atoms with van der Waals surface area (Å²) >= 11 is 8.08.